The van der Waals surface area contributed by atoms with E-state index in [1.54, 1.807) is 11.8 Å². The largest absolute Gasteiger partial charge is 0.366 e. The molecule has 0 saturated carbocycles. The van der Waals surface area contributed by atoms with E-state index in [0.29, 0.717) is 18.5 Å². The van der Waals surface area contributed by atoms with Crippen molar-refractivity contribution in [1.29, 1.82) is 5.26 Å². The Morgan fingerprint density at radius 2 is 2.30 bits per heavy atom. The lowest BCUT2D eigenvalue weighted by molar-refractivity contribution is 0.349. The summed E-state index contributed by atoms with van der Waals surface area (Å²) in [5.41, 5.74) is 7.85. The number of nitrogens with two attached hydrogens (primary N) is 1. The molecule has 2 rings (SSSR count). The first-order valence-corrected chi connectivity index (χ1v) is 8.34. The summed E-state index contributed by atoms with van der Waals surface area (Å²) in [5, 5.41) is 9.56. The van der Waals surface area contributed by atoms with Gasteiger partial charge in [0.1, 0.15) is 6.07 Å². The van der Waals surface area contributed by atoms with Crippen LogP contribution in [0.15, 0.2) is 23.1 Å². The van der Waals surface area contributed by atoms with Crippen molar-refractivity contribution < 1.29 is 0 Å². The highest BCUT2D eigenvalue weighted by atomic mass is 32.2. The third kappa shape index (κ3) is 2.94. The number of hydrogen-bond donors (Lipinski definition) is 1. The van der Waals surface area contributed by atoms with E-state index < -0.39 is 0 Å². The van der Waals surface area contributed by atoms with E-state index in [1.807, 2.05) is 6.07 Å². The molecule has 108 valence electrons. The maximum atomic E-state index is 9.56. The van der Waals surface area contributed by atoms with Gasteiger partial charge in [0.25, 0.3) is 0 Å². The highest BCUT2D eigenvalue weighted by Gasteiger charge is 2.29. The molecule has 0 radical (unpaired) electrons. The standard InChI is InChI=1S/C16H23N3S/c1-3-20-16-8-4-7-14(13(16)10-17)19-9-5-6-12(2)15(19)11-18/h4,7-8,12,15H,3,5-6,9,11,18H2,1-2H3. The molecule has 1 saturated heterocycles. The first-order chi connectivity index (χ1) is 9.72. The molecule has 4 heteroatoms. The average molecular weight is 289 g/mol. The number of piperidine rings is 1. The van der Waals surface area contributed by atoms with Crippen LogP contribution in [0.2, 0.25) is 0 Å². The Kier molecular flexibility index (Phi) is 5.33. The summed E-state index contributed by atoms with van der Waals surface area (Å²) in [4.78, 5) is 3.44. The molecule has 1 aromatic carbocycles. The first-order valence-electron chi connectivity index (χ1n) is 7.35. The van der Waals surface area contributed by atoms with Crippen molar-refractivity contribution in [2.45, 2.75) is 37.6 Å². The van der Waals surface area contributed by atoms with Gasteiger partial charge in [0.15, 0.2) is 0 Å². The Morgan fingerprint density at radius 3 is 2.95 bits per heavy atom. The third-order valence-electron chi connectivity index (χ3n) is 4.08. The third-order valence-corrected chi connectivity index (χ3v) is 5.02. The Hall–Kier alpha value is -1.18. The molecule has 0 aromatic heterocycles. The van der Waals surface area contributed by atoms with Gasteiger partial charge < -0.3 is 10.6 Å². The fraction of sp³-hybridized carbons (Fsp3) is 0.562. The molecule has 0 bridgehead atoms. The van der Waals surface area contributed by atoms with Crippen molar-refractivity contribution in [3.05, 3.63) is 23.8 Å². The number of nitriles is 1. The highest BCUT2D eigenvalue weighted by Crippen LogP contribution is 2.34. The maximum absolute atomic E-state index is 9.56. The van der Waals surface area contributed by atoms with Crippen LogP contribution in [0.25, 0.3) is 0 Å². The van der Waals surface area contributed by atoms with Crippen LogP contribution >= 0.6 is 11.8 Å². The van der Waals surface area contributed by atoms with E-state index in [2.05, 4.69) is 36.9 Å². The topological polar surface area (TPSA) is 53.0 Å². The van der Waals surface area contributed by atoms with Gasteiger partial charge >= 0.3 is 0 Å². The Labute approximate surface area is 126 Å². The van der Waals surface area contributed by atoms with E-state index in [9.17, 15) is 5.26 Å². The molecule has 2 N–H and O–H groups in total. The number of thioether (sulfide) groups is 1. The lowest BCUT2D eigenvalue weighted by atomic mass is 9.90. The van der Waals surface area contributed by atoms with Crippen molar-refractivity contribution in [3.8, 4) is 6.07 Å². The SMILES string of the molecule is CCSc1cccc(N2CCCC(C)C2CN)c1C#N. The zero-order valence-corrected chi connectivity index (χ0v) is 13.1. The Morgan fingerprint density at radius 1 is 1.50 bits per heavy atom. The quantitative estimate of drug-likeness (QED) is 0.865. The van der Waals surface area contributed by atoms with Gasteiger partial charge in [-0.3, -0.25) is 0 Å². The summed E-state index contributed by atoms with van der Waals surface area (Å²) >= 11 is 1.73. The average Bonchev–Trinajstić information content (AvgIpc) is 2.47. The predicted molar refractivity (Wildman–Crippen MR) is 86.1 cm³/mol. The number of nitrogens with zero attached hydrogens (tertiary/aromatic N) is 2. The molecule has 1 aromatic rings. The predicted octanol–water partition coefficient (Wildman–Crippen LogP) is 3.23. The fourth-order valence-electron chi connectivity index (χ4n) is 3.05. The number of anilines is 1. The minimum absolute atomic E-state index is 0.345. The number of benzene rings is 1. The van der Waals surface area contributed by atoms with Crippen LogP contribution in [0.1, 0.15) is 32.3 Å². The molecule has 1 aliphatic rings. The second kappa shape index (κ2) is 7.01. The molecule has 3 nitrogen and oxygen atoms in total. The van der Waals surface area contributed by atoms with Gasteiger partial charge in [0.2, 0.25) is 0 Å². The van der Waals surface area contributed by atoms with Crippen LogP contribution in [-0.2, 0) is 0 Å². The molecule has 0 spiro atoms. The summed E-state index contributed by atoms with van der Waals surface area (Å²) in [5.74, 6) is 1.57. The normalized spacial score (nSPS) is 22.6. The number of hydrogen-bond acceptors (Lipinski definition) is 4. The molecule has 2 atom stereocenters. The van der Waals surface area contributed by atoms with Gasteiger partial charge in [-0.05, 0) is 36.6 Å². The molecular formula is C16H23N3S. The number of rotatable bonds is 4. The minimum atomic E-state index is 0.345. The second-order valence-electron chi connectivity index (χ2n) is 5.31. The second-order valence-corrected chi connectivity index (χ2v) is 6.62. The molecular weight excluding hydrogens is 266 g/mol. The smallest absolute Gasteiger partial charge is 0.103 e. The van der Waals surface area contributed by atoms with Gasteiger partial charge in [-0.25, -0.2) is 0 Å². The molecule has 1 heterocycles. The van der Waals surface area contributed by atoms with E-state index in [1.165, 1.54) is 12.8 Å². The van der Waals surface area contributed by atoms with E-state index >= 15 is 0 Å². The summed E-state index contributed by atoms with van der Waals surface area (Å²) in [6.45, 7) is 6.03. The van der Waals surface area contributed by atoms with E-state index in [-0.39, 0.29) is 0 Å². The van der Waals surface area contributed by atoms with Crippen LogP contribution in [-0.4, -0.2) is 24.9 Å². The van der Waals surface area contributed by atoms with Crippen LogP contribution in [0.3, 0.4) is 0 Å². The van der Waals surface area contributed by atoms with E-state index in [0.717, 1.165) is 28.4 Å². The molecule has 2 unspecified atom stereocenters. The van der Waals surface area contributed by atoms with Crippen LogP contribution in [0.4, 0.5) is 5.69 Å². The highest BCUT2D eigenvalue weighted by molar-refractivity contribution is 7.99. The lowest BCUT2D eigenvalue weighted by Crippen LogP contribution is -2.49. The van der Waals surface area contributed by atoms with Crippen LogP contribution in [0, 0.1) is 17.2 Å². The summed E-state index contributed by atoms with van der Waals surface area (Å²) in [6, 6.07) is 8.92. The molecule has 0 aliphatic carbocycles. The zero-order chi connectivity index (χ0) is 14.5. The van der Waals surface area contributed by atoms with Gasteiger partial charge in [0, 0.05) is 24.0 Å². The van der Waals surface area contributed by atoms with E-state index in [4.69, 9.17) is 5.73 Å². The van der Waals surface area contributed by atoms with Crippen molar-refractivity contribution in [2.75, 3.05) is 23.7 Å². The lowest BCUT2D eigenvalue weighted by Gasteiger charge is -2.41. The molecule has 20 heavy (non-hydrogen) atoms. The van der Waals surface area contributed by atoms with Crippen molar-refractivity contribution >= 4 is 17.4 Å². The van der Waals surface area contributed by atoms with Crippen molar-refractivity contribution in [3.63, 3.8) is 0 Å². The van der Waals surface area contributed by atoms with Gasteiger partial charge in [0.05, 0.1) is 11.3 Å². The summed E-state index contributed by atoms with van der Waals surface area (Å²) in [7, 11) is 0. The minimum Gasteiger partial charge on any atom is -0.366 e. The first kappa shape index (κ1) is 15.2. The van der Waals surface area contributed by atoms with Crippen molar-refractivity contribution in [1.82, 2.24) is 0 Å². The maximum Gasteiger partial charge on any atom is 0.103 e. The van der Waals surface area contributed by atoms with Crippen molar-refractivity contribution in [2.24, 2.45) is 11.7 Å². The summed E-state index contributed by atoms with van der Waals surface area (Å²) < 4.78 is 0. The monoisotopic (exact) mass is 289 g/mol. The molecule has 1 fully saturated rings. The Balaban J connectivity index is 2.40. The van der Waals surface area contributed by atoms with Gasteiger partial charge in [-0.1, -0.05) is 19.9 Å². The van der Waals surface area contributed by atoms with Gasteiger partial charge in [-0.2, -0.15) is 5.26 Å². The molecule has 0 amide bonds. The van der Waals surface area contributed by atoms with Gasteiger partial charge in [-0.15, -0.1) is 11.8 Å². The van der Waals surface area contributed by atoms with Crippen LogP contribution in [0.5, 0.6) is 0 Å². The van der Waals surface area contributed by atoms with Crippen LogP contribution < -0.4 is 10.6 Å². The zero-order valence-electron chi connectivity index (χ0n) is 12.3. The fourth-order valence-corrected chi connectivity index (χ4v) is 3.84. The Bertz CT molecular complexity index is 495. The summed E-state index contributed by atoms with van der Waals surface area (Å²) in [6.07, 6.45) is 2.40. The molecule has 1 aliphatic heterocycles.